The topological polar surface area (TPSA) is 74.6 Å². The van der Waals surface area contributed by atoms with Gasteiger partial charge < -0.3 is 15.5 Å². The van der Waals surface area contributed by atoms with Gasteiger partial charge in [-0.25, -0.2) is 9.97 Å². The number of aromatic nitrogens is 3. The van der Waals surface area contributed by atoms with E-state index in [1.807, 2.05) is 40.1 Å². The number of nitrogens with zero attached hydrogens (tertiary/aromatic N) is 4. The number of benzene rings is 1. The maximum atomic E-state index is 12.8. The lowest BCUT2D eigenvalue weighted by Gasteiger charge is -2.27. The normalized spacial score (nSPS) is 14.2. The van der Waals surface area contributed by atoms with Crippen LogP contribution in [0, 0.1) is 6.92 Å². The molecule has 1 aliphatic rings. The molecule has 31 heavy (non-hydrogen) atoms. The lowest BCUT2D eigenvalue weighted by Crippen LogP contribution is -2.46. The van der Waals surface area contributed by atoms with E-state index in [2.05, 4.69) is 32.0 Å². The molecule has 1 aliphatic heterocycles. The fourth-order valence-electron chi connectivity index (χ4n) is 3.76. The van der Waals surface area contributed by atoms with Gasteiger partial charge in [-0.3, -0.25) is 9.20 Å². The zero-order valence-electron chi connectivity index (χ0n) is 16.9. The van der Waals surface area contributed by atoms with Gasteiger partial charge in [0.05, 0.1) is 28.2 Å². The SMILES string of the molecule is Cc1cn2c(-c3ccsc3)cnc2c(Nc2ccc(C(=O)N3CCNCC3)c(Cl)c2)n1. The van der Waals surface area contributed by atoms with Gasteiger partial charge in [-0.1, -0.05) is 11.6 Å². The number of hydrogen-bond donors (Lipinski definition) is 2. The summed E-state index contributed by atoms with van der Waals surface area (Å²) in [5.74, 6) is 0.599. The first-order valence-electron chi connectivity index (χ1n) is 10.0. The van der Waals surface area contributed by atoms with Crippen molar-refractivity contribution in [2.24, 2.45) is 0 Å². The minimum absolute atomic E-state index is 0.0391. The van der Waals surface area contributed by atoms with E-state index >= 15 is 0 Å². The molecule has 1 amide bonds. The van der Waals surface area contributed by atoms with Crippen molar-refractivity contribution in [1.29, 1.82) is 0 Å². The number of thiophene rings is 1. The van der Waals surface area contributed by atoms with Crippen molar-refractivity contribution in [2.75, 3.05) is 31.5 Å². The van der Waals surface area contributed by atoms with Gasteiger partial charge in [0.1, 0.15) is 0 Å². The summed E-state index contributed by atoms with van der Waals surface area (Å²) < 4.78 is 2.04. The molecule has 3 aromatic heterocycles. The summed E-state index contributed by atoms with van der Waals surface area (Å²) in [5.41, 5.74) is 4.98. The summed E-state index contributed by atoms with van der Waals surface area (Å²) in [6, 6.07) is 7.46. The van der Waals surface area contributed by atoms with Gasteiger partial charge in [-0.05, 0) is 36.6 Å². The van der Waals surface area contributed by atoms with E-state index in [4.69, 9.17) is 11.6 Å². The molecule has 1 saturated heterocycles. The molecule has 7 nitrogen and oxygen atoms in total. The van der Waals surface area contributed by atoms with Crippen molar-refractivity contribution < 1.29 is 4.79 Å². The lowest BCUT2D eigenvalue weighted by atomic mass is 10.1. The zero-order valence-corrected chi connectivity index (χ0v) is 18.5. The zero-order chi connectivity index (χ0) is 21.4. The molecule has 0 spiro atoms. The Morgan fingerprint density at radius 2 is 2.10 bits per heavy atom. The molecule has 0 aliphatic carbocycles. The molecule has 1 fully saturated rings. The first kappa shape index (κ1) is 20.0. The number of nitrogens with one attached hydrogen (secondary N) is 2. The highest BCUT2D eigenvalue weighted by molar-refractivity contribution is 7.08. The van der Waals surface area contributed by atoms with Crippen LogP contribution in [-0.4, -0.2) is 51.4 Å². The predicted octanol–water partition coefficient (Wildman–Crippen LogP) is 4.21. The average Bonchev–Trinajstić information content (AvgIpc) is 3.44. The summed E-state index contributed by atoms with van der Waals surface area (Å²) in [4.78, 5) is 23.8. The van der Waals surface area contributed by atoms with Crippen molar-refractivity contribution in [3.05, 3.63) is 63.7 Å². The maximum absolute atomic E-state index is 12.8. The van der Waals surface area contributed by atoms with Crippen LogP contribution in [-0.2, 0) is 0 Å². The summed E-state index contributed by atoms with van der Waals surface area (Å²) in [6.07, 6.45) is 3.83. The quantitative estimate of drug-likeness (QED) is 0.485. The number of carbonyl (C=O) groups excluding carboxylic acids is 1. The Morgan fingerprint density at radius 1 is 1.26 bits per heavy atom. The van der Waals surface area contributed by atoms with Crippen molar-refractivity contribution in [3.8, 4) is 11.3 Å². The van der Waals surface area contributed by atoms with Gasteiger partial charge in [0, 0.05) is 49.0 Å². The van der Waals surface area contributed by atoms with E-state index in [9.17, 15) is 4.79 Å². The van der Waals surface area contributed by atoms with E-state index in [0.29, 0.717) is 29.5 Å². The Labute approximate surface area is 188 Å². The minimum atomic E-state index is -0.0391. The van der Waals surface area contributed by atoms with Gasteiger partial charge in [-0.15, -0.1) is 0 Å². The first-order chi connectivity index (χ1) is 15.1. The molecule has 0 atom stereocenters. The lowest BCUT2D eigenvalue weighted by molar-refractivity contribution is 0.0736. The second-order valence-electron chi connectivity index (χ2n) is 7.44. The number of anilines is 2. The van der Waals surface area contributed by atoms with E-state index in [0.717, 1.165) is 41.4 Å². The van der Waals surface area contributed by atoms with Gasteiger partial charge in [0.15, 0.2) is 11.5 Å². The number of hydrogen-bond acceptors (Lipinski definition) is 6. The highest BCUT2D eigenvalue weighted by atomic mass is 35.5. The first-order valence-corrected chi connectivity index (χ1v) is 11.4. The molecular formula is C22H21ClN6OS. The minimum Gasteiger partial charge on any atom is -0.337 e. The van der Waals surface area contributed by atoms with E-state index in [1.54, 1.807) is 23.5 Å². The van der Waals surface area contributed by atoms with Gasteiger partial charge in [0.25, 0.3) is 5.91 Å². The van der Waals surface area contributed by atoms with E-state index in [1.165, 1.54) is 0 Å². The summed E-state index contributed by atoms with van der Waals surface area (Å²) >= 11 is 8.14. The fraction of sp³-hybridized carbons (Fsp3) is 0.227. The van der Waals surface area contributed by atoms with E-state index in [-0.39, 0.29) is 5.91 Å². The third kappa shape index (κ3) is 3.89. The van der Waals surface area contributed by atoms with Gasteiger partial charge in [0.2, 0.25) is 0 Å². The third-order valence-corrected chi connectivity index (χ3v) is 6.29. The van der Waals surface area contributed by atoms with Crippen LogP contribution in [0.2, 0.25) is 5.02 Å². The summed E-state index contributed by atoms with van der Waals surface area (Å²) in [7, 11) is 0. The fourth-order valence-corrected chi connectivity index (χ4v) is 4.67. The number of piperazine rings is 1. The van der Waals surface area contributed by atoms with E-state index < -0.39 is 0 Å². The van der Waals surface area contributed by atoms with Gasteiger partial charge >= 0.3 is 0 Å². The smallest absolute Gasteiger partial charge is 0.255 e. The summed E-state index contributed by atoms with van der Waals surface area (Å²) in [5, 5.41) is 11.1. The monoisotopic (exact) mass is 452 g/mol. The second-order valence-corrected chi connectivity index (χ2v) is 8.63. The Kier molecular flexibility index (Phi) is 5.35. The Balaban J connectivity index is 1.45. The molecule has 1 aromatic carbocycles. The Bertz CT molecular complexity index is 1250. The number of aryl methyl sites for hydroxylation is 1. The molecule has 0 radical (unpaired) electrons. The van der Waals surface area contributed by atoms with Crippen LogP contribution in [0.15, 0.2) is 47.4 Å². The number of rotatable bonds is 4. The summed E-state index contributed by atoms with van der Waals surface area (Å²) in [6.45, 7) is 4.93. The molecule has 0 bridgehead atoms. The standard InChI is InChI=1S/C22H21ClN6OS/c1-14-12-29-19(15-4-9-31-13-15)11-25-21(29)20(26-14)27-16-2-3-17(18(23)10-16)22(30)28-7-5-24-6-8-28/h2-4,9-13,24H,5-8H2,1H3,(H,26,27). The van der Waals surface area contributed by atoms with Crippen LogP contribution in [0.4, 0.5) is 11.5 Å². The van der Waals surface area contributed by atoms with Crippen LogP contribution < -0.4 is 10.6 Å². The molecule has 0 saturated carbocycles. The Hall–Kier alpha value is -2.94. The van der Waals surface area contributed by atoms with Gasteiger partial charge in [-0.2, -0.15) is 11.3 Å². The number of fused-ring (bicyclic) bond motifs is 1. The highest BCUT2D eigenvalue weighted by Crippen LogP contribution is 2.29. The molecular weight excluding hydrogens is 432 g/mol. The molecule has 158 valence electrons. The van der Waals surface area contributed by atoms with Crippen LogP contribution in [0.5, 0.6) is 0 Å². The third-order valence-electron chi connectivity index (χ3n) is 5.30. The number of carbonyl (C=O) groups is 1. The molecule has 4 heterocycles. The van der Waals surface area contributed by atoms with Crippen LogP contribution in [0.3, 0.4) is 0 Å². The maximum Gasteiger partial charge on any atom is 0.255 e. The molecule has 5 rings (SSSR count). The predicted molar refractivity (Wildman–Crippen MR) is 125 cm³/mol. The molecule has 2 N–H and O–H groups in total. The average molecular weight is 453 g/mol. The number of amides is 1. The molecule has 9 heteroatoms. The molecule has 4 aromatic rings. The van der Waals surface area contributed by atoms with Crippen molar-refractivity contribution in [2.45, 2.75) is 6.92 Å². The number of imidazole rings is 1. The molecule has 0 unspecified atom stereocenters. The van der Waals surface area contributed by atoms with Crippen LogP contribution in [0.25, 0.3) is 16.9 Å². The van der Waals surface area contributed by atoms with Crippen molar-refractivity contribution >= 4 is 46.0 Å². The van der Waals surface area contributed by atoms with Crippen molar-refractivity contribution in [1.82, 2.24) is 24.6 Å². The Morgan fingerprint density at radius 3 is 2.84 bits per heavy atom. The largest absolute Gasteiger partial charge is 0.337 e. The second kappa shape index (κ2) is 8.30. The van der Waals surface area contributed by atoms with Crippen LogP contribution in [0.1, 0.15) is 16.1 Å². The highest BCUT2D eigenvalue weighted by Gasteiger charge is 2.20. The van der Waals surface area contributed by atoms with Crippen molar-refractivity contribution in [3.63, 3.8) is 0 Å². The van der Waals surface area contributed by atoms with Crippen LogP contribution >= 0.6 is 22.9 Å². The number of halogens is 1.